The van der Waals surface area contributed by atoms with Gasteiger partial charge < -0.3 is 9.47 Å². The number of hydrazine groups is 1. The van der Waals surface area contributed by atoms with Gasteiger partial charge in [-0.2, -0.15) is 0 Å². The number of rotatable bonds is 5. The van der Waals surface area contributed by atoms with E-state index >= 15 is 0 Å². The van der Waals surface area contributed by atoms with E-state index in [-0.39, 0.29) is 6.04 Å². The molecule has 1 saturated heterocycles. The van der Waals surface area contributed by atoms with Crippen LogP contribution in [0.4, 0.5) is 0 Å². The number of hydrogen-bond donors (Lipinski definition) is 1. The Bertz CT molecular complexity index is 716. The minimum Gasteiger partial charge on any atom is -0.491 e. The number of methoxy groups -OCH3 is 1. The topological polar surface area (TPSA) is 33.7 Å². The van der Waals surface area contributed by atoms with E-state index < -0.39 is 0 Å². The monoisotopic (exact) mass is 310 g/mol. The van der Waals surface area contributed by atoms with E-state index in [1.165, 1.54) is 10.8 Å². The largest absolute Gasteiger partial charge is 0.491 e. The first-order valence-corrected chi connectivity index (χ1v) is 7.83. The van der Waals surface area contributed by atoms with E-state index in [4.69, 9.17) is 9.47 Å². The van der Waals surface area contributed by atoms with Gasteiger partial charge in [-0.05, 0) is 22.4 Å². The molecule has 1 aliphatic heterocycles. The second-order valence-corrected chi connectivity index (χ2v) is 5.51. The molecule has 0 amide bonds. The van der Waals surface area contributed by atoms with Crippen molar-refractivity contribution in [1.82, 2.24) is 10.4 Å². The van der Waals surface area contributed by atoms with Crippen LogP contribution >= 0.6 is 0 Å². The van der Waals surface area contributed by atoms with Crippen molar-refractivity contribution in [2.24, 2.45) is 0 Å². The molecule has 1 heterocycles. The summed E-state index contributed by atoms with van der Waals surface area (Å²) in [5.41, 5.74) is 7.57. The summed E-state index contributed by atoms with van der Waals surface area (Å²) in [6, 6.07) is 14.7. The lowest BCUT2D eigenvalue weighted by molar-refractivity contribution is 0.00217. The predicted octanol–water partition coefficient (Wildman–Crippen LogP) is 3.03. The van der Waals surface area contributed by atoms with Crippen LogP contribution in [0.5, 0.6) is 0 Å². The zero-order valence-electron chi connectivity index (χ0n) is 13.4. The molecule has 0 spiro atoms. The average molecular weight is 310 g/mol. The Morgan fingerprint density at radius 3 is 2.65 bits per heavy atom. The van der Waals surface area contributed by atoms with Crippen molar-refractivity contribution in [2.45, 2.75) is 6.04 Å². The Hall–Kier alpha value is -2.10. The Labute approximate surface area is 137 Å². The fourth-order valence-electron chi connectivity index (χ4n) is 2.84. The Balaban J connectivity index is 1.93. The number of ether oxygens (including phenoxy) is 2. The summed E-state index contributed by atoms with van der Waals surface area (Å²) >= 11 is 0. The van der Waals surface area contributed by atoms with Gasteiger partial charge in [0.05, 0.1) is 20.3 Å². The normalized spacial score (nSPS) is 16.7. The summed E-state index contributed by atoms with van der Waals surface area (Å²) in [6.07, 6.45) is 0. The van der Waals surface area contributed by atoms with Gasteiger partial charge in [0.15, 0.2) is 5.76 Å². The van der Waals surface area contributed by atoms with Crippen molar-refractivity contribution >= 4 is 10.8 Å². The highest BCUT2D eigenvalue weighted by atomic mass is 16.5. The first kappa shape index (κ1) is 15.8. The molecule has 1 N–H and O–H groups in total. The second kappa shape index (κ2) is 7.44. The van der Waals surface area contributed by atoms with E-state index in [9.17, 15) is 0 Å². The van der Waals surface area contributed by atoms with Crippen LogP contribution in [0.2, 0.25) is 0 Å². The van der Waals surface area contributed by atoms with E-state index in [0.717, 1.165) is 31.9 Å². The Morgan fingerprint density at radius 1 is 1.22 bits per heavy atom. The van der Waals surface area contributed by atoms with Crippen LogP contribution < -0.4 is 5.43 Å². The minimum atomic E-state index is -0.111. The maximum atomic E-state index is 5.49. The fourth-order valence-corrected chi connectivity index (χ4v) is 2.84. The van der Waals surface area contributed by atoms with E-state index in [0.29, 0.717) is 5.76 Å². The van der Waals surface area contributed by atoms with Gasteiger partial charge in [0.1, 0.15) is 6.04 Å². The number of nitrogens with one attached hydrogen (secondary N) is 1. The summed E-state index contributed by atoms with van der Waals surface area (Å²) in [4.78, 5) is 0. The Kier molecular flexibility index (Phi) is 5.11. The van der Waals surface area contributed by atoms with Crippen molar-refractivity contribution in [1.29, 1.82) is 0 Å². The molecule has 2 aromatic rings. The molecule has 0 aromatic heterocycles. The molecular formula is C19H22N2O2. The molecular weight excluding hydrogens is 288 g/mol. The molecule has 0 aliphatic carbocycles. The van der Waals surface area contributed by atoms with Gasteiger partial charge in [-0.25, -0.2) is 10.4 Å². The molecule has 0 bridgehead atoms. The van der Waals surface area contributed by atoms with Crippen LogP contribution in [0.15, 0.2) is 60.5 Å². The molecule has 2 aromatic carbocycles. The smallest absolute Gasteiger partial charge is 0.160 e. The van der Waals surface area contributed by atoms with Gasteiger partial charge >= 0.3 is 0 Å². The molecule has 23 heavy (non-hydrogen) atoms. The minimum absolute atomic E-state index is 0.111. The van der Waals surface area contributed by atoms with E-state index in [1.807, 2.05) is 0 Å². The third kappa shape index (κ3) is 3.63. The maximum Gasteiger partial charge on any atom is 0.160 e. The molecule has 1 fully saturated rings. The first-order chi connectivity index (χ1) is 11.3. The average Bonchev–Trinajstić information content (AvgIpc) is 2.62. The van der Waals surface area contributed by atoms with Gasteiger partial charge in [-0.1, -0.05) is 48.7 Å². The van der Waals surface area contributed by atoms with Gasteiger partial charge in [-0.3, -0.25) is 0 Å². The van der Waals surface area contributed by atoms with Crippen molar-refractivity contribution in [3.63, 3.8) is 0 Å². The lowest BCUT2D eigenvalue weighted by Crippen LogP contribution is -2.47. The molecule has 1 aliphatic rings. The summed E-state index contributed by atoms with van der Waals surface area (Å²) in [6.45, 7) is 6.92. The third-order valence-electron chi connectivity index (χ3n) is 4.09. The predicted molar refractivity (Wildman–Crippen MR) is 91.9 cm³/mol. The third-order valence-corrected chi connectivity index (χ3v) is 4.09. The van der Waals surface area contributed by atoms with Crippen LogP contribution in [-0.4, -0.2) is 38.4 Å². The van der Waals surface area contributed by atoms with Gasteiger partial charge in [-0.15, -0.1) is 0 Å². The molecule has 4 heteroatoms. The van der Waals surface area contributed by atoms with Crippen LogP contribution in [0.1, 0.15) is 11.6 Å². The van der Waals surface area contributed by atoms with Crippen molar-refractivity contribution in [3.05, 3.63) is 66.1 Å². The van der Waals surface area contributed by atoms with Crippen LogP contribution in [0.25, 0.3) is 10.8 Å². The van der Waals surface area contributed by atoms with Gasteiger partial charge in [0.25, 0.3) is 0 Å². The maximum absolute atomic E-state index is 5.49. The van der Waals surface area contributed by atoms with Crippen molar-refractivity contribution in [3.8, 4) is 0 Å². The number of morpholine rings is 1. The summed E-state index contributed by atoms with van der Waals surface area (Å²) in [5, 5.41) is 4.60. The van der Waals surface area contributed by atoms with Gasteiger partial charge in [0.2, 0.25) is 0 Å². The zero-order chi connectivity index (χ0) is 16.1. The number of hydrogen-bond acceptors (Lipinski definition) is 4. The van der Waals surface area contributed by atoms with Crippen molar-refractivity contribution in [2.75, 3.05) is 33.4 Å². The molecule has 0 radical (unpaired) electrons. The van der Waals surface area contributed by atoms with Crippen LogP contribution in [0.3, 0.4) is 0 Å². The lowest BCUT2D eigenvalue weighted by atomic mass is 10.0. The number of fused-ring (bicyclic) bond motifs is 1. The fraction of sp³-hybridized carbons (Fsp3) is 0.316. The summed E-state index contributed by atoms with van der Waals surface area (Å²) < 4.78 is 10.9. The second-order valence-electron chi connectivity index (χ2n) is 5.51. The van der Waals surface area contributed by atoms with Gasteiger partial charge in [0, 0.05) is 13.1 Å². The quantitative estimate of drug-likeness (QED) is 0.680. The summed E-state index contributed by atoms with van der Waals surface area (Å²) in [7, 11) is 1.66. The number of nitrogens with zero attached hydrogens (tertiary/aromatic N) is 1. The highest BCUT2D eigenvalue weighted by molar-refractivity contribution is 5.83. The zero-order valence-corrected chi connectivity index (χ0v) is 13.4. The molecule has 1 atom stereocenters. The molecule has 1 unspecified atom stereocenters. The first-order valence-electron chi connectivity index (χ1n) is 7.83. The van der Waals surface area contributed by atoms with Crippen molar-refractivity contribution < 1.29 is 9.47 Å². The molecule has 0 saturated carbocycles. The van der Waals surface area contributed by atoms with Crippen LogP contribution in [0, 0.1) is 0 Å². The molecule has 3 rings (SSSR count). The standard InChI is InChI=1S/C19H22N2O2/c1-3-18(22-2)19(20-21-10-12-23-13-11-21)17-9-8-15-6-4-5-7-16(15)14-17/h4-9,14,19-20H,1,10-13H2,2H3. The SMILES string of the molecule is C=C=C(OC)C(NN1CCOCC1)c1ccc2ccccc2c1. The molecule has 4 nitrogen and oxygen atoms in total. The lowest BCUT2D eigenvalue weighted by Gasteiger charge is -2.32. The highest BCUT2D eigenvalue weighted by Gasteiger charge is 2.22. The van der Waals surface area contributed by atoms with E-state index in [1.54, 1.807) is 7.11 Å². The number of benzene rings is 2. The molecule has 120 valence electrons. The Morgan fingerprint density at radius 2 is 1.96 bits per heavy atom. The highest BCUT2D eigenvalue weighted by Crippen LogP contribution is 2.26. The van der Waals surface area contributed by atoms with Crippen LogP contribution in [-0.2, 0) is 9.47 Å². The summed E-state index contributed by atoms with van der Waals surface area (Å²) in [5.74, 6) is 0.687. The van der Waals surface area contributed by atoms with E-state index in [2.05, 4.69) is 65.2 Å².